The molecule has 5 heteroatoms. The second-order valence-electron chi connectivity index (χ2n) is 7.06. The van der Waals surface area contributed by atoms with E-state index in [1.165, 1.54) is 5.39 Å². The van der Waals surface area contributed by atoms with Crippen LogP contribution in [-0.4, -0.2) is 38.8 Å². The average molecular weight is 320 g/mol. The topological polar surface area (TPSA) is 61.9 Å². The van der Waals surface area contributed by atoms with Crippen molar-refractivity contribution in [2.45, 2.75) is 31.6 Å². The molecule has 1 unspecified atom stereocenters. The van der Waals surface area contributed by atoms with Gasteiger partial charge in [0.15, 0.2) is 0 Å². The number of carbonyl (C=O) groups is 1. The molecule has 0 aromatic carbocycles. The third-order valence-electron chi connectivity index (χ3n) is 5.39. The van der Waals surface area contributed by atoms with Crippen molar-refractivity contribution in [2.24, 2.45) is 5.92 Å². The van der Waals surface area contributed by atoms with E-state index in [0.717, 1.165) is 60.9 Å². The Kier molecular flexibility index (Phi) is 3.08. The van der Waals surface area contributed by atoms with Gasteiger partial charge in [-0.15, -0.1) is 0 Å². The number of nitrogens with zero attached hydrogens (tertiary/aromatic N) is 3. The third kappa shape index (κ3) is 2.19. The maximum Gasteiger partial charge on any atom is 0.225 e. The molecule has 1 aliphatic heterocycles. The molecule has 3 aromatic rings. The molecule has 2 fully saturated rings. The molecule has 1 atom stereocenters. The normalized spacial score (nSPS) is 21.5. The number of nitrogens with one attached hydrogen (secondary N) is 1. The van der Waals surface area contributed by atoms with E-state index in [1.54, 1.807) is 0 Å². The summed E-state index contributed by atoms with van der Waals surface area (Å²) in [6.45, 7) is 1.70. The van der Waals surface area contributed by atoms with Crippen LogP contribution in [0.15, 0.2) is 30.7 Å². The number of piperidine rings is 1. The zero-order valence-corrected chi connectivity index (χ0v) is 13.5. The SMILES string of the molecule is O=C(C1CC1)N1CCCC(c2nccc3cnc4[nH]ccc4c23)C1. The van der Waals surface area contributed by atoms with E-state index in [2.05, 4.69) is 20.9 Å². The maximum atomic E-state index is 12.5. The lowest BCUT2D eigenvalue weighted by molar-refractivity contribution is -0.133. The summed E-state index contributed by atoms with van der Waals surface area (Å²) in [5.74, 6) is 0.962. The Balaban J connectivity index is 1.58. The molecule has 24 heavy (non-hydrogen) atoms. The number of rotatable bonds is 2. The molecule has 0 spiro atoms. The third-order valence-corrected chi connectivity index (χ3v) is 5.39. The van der Waals surface area contributed by atoms with Gasteiger partial charge in [0, 0.05) is 59.7 Å². The number of aromatic nitrogens is 3. The summed E-state index contributed by atoms with van der Waals surface area (Å²) in [5.41, 5.74) is 2.02. The van der Waals surface area contributed by atoms with Crippen LogP contribution in [0.4, 0.5) is 0 Å². The molecule has 1 aliphatic carbocycles. The van der Waals surface area contributed by atoms with Crippen LogP contribution in [0.1, 0.15) is 37.3 Å². The Morgan fingerprint density at radius 2 is 2.12 bits per heavy atom. The van der Waals surface area contributed by atoms with E-state index in [-0.39, 0.29) is 0 Å². The number of hydrogen-bond acceptors (Lipinski definition) is 3. The second kappa shape index (κ2) is 5.30. The highest BCUT2D eigenvalue weighted by molar-refractivity contribution is 6.05. The molecule has 1 saturated heterocycles. The number of hydrogen-bond donors (Lipinski definition) is 1. The van der Waals surface area contributed by atoms with Crippen LogP contribution >= 0.6 is 0 Å². The summed E-state index contributed by atoms with van der Waals surface area (Å²) in [6.07, 6.45) is 10.0. The van der Waals surface area contributed by atoms with Crippen molar-refractivity contribution < 1.29 is 4.79 Å². The van der Waals surface area contributed by atoms with Crippen LogP contribution in [0.3, 0.4) is 0 Å². The number of aromatic amines is 1. The highest BCUT2D eigenvalue weighted by Crippen LogP contribution is 2.36. The lowest BCUT2D eigenvalue weighted by atomic mass is 9.90. The lowest BCUT2D eigenvalue weighted by Gasteiger charge is -2.33. The first-order chi connectivity index (χ1) is 11.8. The minimum Gasteiger partial charge on any atom is -0.346 e. The van der Waals surface area contributed by atoms with Gasteiger partial charge >= 0.3 is 0 Å². The summed E-state index contributed by atoms with van der Waals surface area (Å²) < 4.78 is 0. The van der Waals surface area contributed by atoms with Gasteiger partial charge in [-0.05, 0) is 37.8 Å². The molecule has 5 nitrogen and oxygen atoms in total. The van der Waals surface area contributed by atoms with E-state index in [4.69, 9.17) is 4.98 Å². The van der Waals surface area contributed by atoms with E-state index < -0.39 is 0 Å². The maximum absolute atomic E-state index is 12.5. The molecule has 5 rings (SSSR count). The van der Waals surface area contributed by atoms with Crippen molar-refractivity contribution in [2.75, 3.05) is 13.1 Å². The Labute approximate surface area is 140 Å². The van der Waals surface area contributed by atoms with E-state index >= 15 is 0 Å². The molecule has 4 heterocycles. The summed E-state index contributed by atoms with van der Waals surface area (Å²) in [6, 6.07) is 4.10. The number of carbonyl (C=O) groups excluding carboxylic acids is 1. The highest BCUT2D eigenvalue weighted by atomic mass is 16.2. The van der Waals surface area contributed by atoms with Crippen molar-refractivity contribution >= 4 is 27.7 Å². The van der Waals surface area contributed by atoms with Crippen molar-refractivity contribution in [3.05, 3.63) is 36.4 Å². The largest absolute Gasteiger partial charge is 0.346 e. The van der Waals surface area contributed by atoms with Gasteiger partial charge in [0.05, 0.1) is 5.69 Å². The van der Waals surface area contributed by atoms with Gasteiger partial charge in [-0.25, -0.2) is 4.98 Å². The minimum absolute atomic E-state index is 0.296. The average Bonchev–Trinajstić information content (AvgIpc) is 3.37. The zero-order chi connectivity index (χ0) is 16.1. The minimum atomic E-state index is 0.296. The Hall–Kier alpha value is -2.43. The predicted octanol–water partition coefficient (Wildman–Crippen LogP) is 3.23. The van der Waals surface area contributed by atoms with Crippen molar-refractivity contribution in [3.8, 4) is 0 Å². The summed E-state index contributed by atoms with van der Waals surface area (Å²) >= 11 is 0. The van der Waals surface area contributed by atoms with Gasteiger partial charge in [-0.2, -0.15) is 0 Å². The van der Waals surface area contributed by atoms with Crippen molar-refractivity contribution in [1.29, 1.82) is 0 Å². The fourth-order valence-electron chi connectivity index (χ4n) is 4.00. The molecule has 122 valence electrons. The zero-order valence-electron chi connectivity index (χ0n) is 13.5. The van der Waals surface area contributed by atoms with Crippen LogP contribution in [0, 0.1) is 5.92 Å². The Bertz CT molecular complexity index is 927. The fourth-order valence-corrected chi connectivity index (χ4v) is 4.00. The van der Waals surface area contributed by atoms with Crippen LogP contribution in [0.25, 0.3) is 21.8 Å². The Morgan fingerprint density at radius 3 is 3.00 bits per heavy atom. The van der Waals surface area contributed by atoms with Crippen LogP contribution in [0.2, 0.25) is 0 Å². The van der Waals surface area contributed by atoms with Gasteiger partial charge in [0.2, 0.25) is 5.91 Å². The molecular weight excluding hydrogens is 300 g/mol. The molecule has 2 aliphatic rings. The number of likely N-dealkylation sites (tertiary alicyclic amines) is 1. The first-order valence-electron chi connectivity index (χ1n) is 8.81. The number of H-pyrrole nitrogens is 1. The van der Waals surface area contributed by atoms with Gasteiger partial charge in [-0.1, -0.05) is 0 Å². The van der Waals surface area contributed by atoms with Gasteiger partial charge in [-0.3, -0.25) is 9.78 Å². The van der Waals surface area contributed by atoms with Crippen LogP contribution in [-0.2, 0) is 4.79 Å². The van der Waals surface area contributed by atoms with E-state index in [9.17, 15) is 4.79 Å². The molecule has 1 N–H and O–H groups in total. The summed E-state index contributed by atoms with van der Waals surface area (Å²) in [4.78, 5) is 26.9. The van der Waals surface area contributed by atoms with E-state index in [1.807, 2.05) is 24.7 Å². The lowest BCUT2D eigenvalue weighted by Crippen LogP contribution is -2.40. The Morgan fingerprint density at radius 1 is 1.21 bits per heavy atom. The van der Waals surface area contributed by atoms with Crippen LogP contribution in [0.5, 0.6) is 0 Å². The molecule has 1 saturated carbocycles. The monoisotopic (exact) mass is 320 g/mol. The summed E-state index contributed by atoms with van der Waals surface area (Å²) in [5, 5.41) is 3.44. The van der Waals surface area contributed by atoms with Crippen molar-refractivity contribution in [1.82, 2.24) is 19.9 Å². The molecule has 0 bridgehead atoms. The van der Waals surface area contributed by atoms with Gasteiger partial charge < -0.3 is 9.88 Å². The first-order valence-corrected chi connectivity index (χ1v) is 8.81. The second-order valence-corrected chi connectivity index (χ2v) is 7.06. The molecular formula is C19H20N4O. The molecule has 3 aromatic heterocycles. The molecule has 1 amide bonds. The summed E-state index contributed by atoms with van der Waals surface area (Å²) in [7, 11) is 0. The number of fused-ring (bicyclic) bond motifs is 3. The molecule has 0 radical (unpaired) electrons. The predicted molar refractivity (Wildman–Crippen MR) is 92.7 cm³/mol. The quantitative estimate of drug-likeness (QED) is 0.788. The van der Waals surface area contributed by atoms with Crippen molar-refractivity contribution in [3.63, 3.8) is 0 Å². The van der Waals surface area contributed by atoms with Gasteiger partial charge in [0.1, 0.15) is 5.65 Å². The first kappa shape index (κ1) is 14.0. The fraction of sp³-hybridized carbons (Fsp3) is 0.421. The smallest absolute Gasteiger partial charge is 0.225 e. The van der Waals surface area contributed by atoms with Gasteiger partial charge in [0.25, 0.3) is 0 Å². The van der Waals surface area contributed by atoms with Crippen LogP contribution < -0.4 is 0 Å². The number of amides is 1. The standard InChI is InChI=1S/C19H20N4O/c24-19(12-3-4-12)23-9-1-2-14(11-23)17-16-13(5-7-20-17)10-22-18-15(16)6-8-21-18/h5-8,10,12,14H,1-4,9,11H2,(H,21,22). The highest BCUT2D eigenvalue weighted by Gasteiger charge is 2.36. The number of pyridine rings is 2. The van der Waals surface area contributed by atoms with E-state index in [0.29, 0.717) is 17.7 Å².